The second-order valence-electron chi connectivity index (χ2n) is 9.35. The Kier molecular flexibility index (Phi) is 9.07. The Hall–Kier alpha value is -2.57. The number of hydrogen-bond acceptors (Lipinski definition) is 6. The lowest BCUT2D eigenvalue weighted by Crippen LogP contribution is -2.50. The van der Waals surface area contributed by atoms with Gasteiger partial charge in [-0.05, 0) is 41.7 Å². The van der Waals surface area contributed by atoms with E-state index in [1.54, 1.807) is 12.3 Å². The van der Waals surface area contributed by atoms with Gasteiger partial charge in [0.15, 0.2) is 5.75 Å². The van der Waals surface area contributed by atoms with Gasteiger partial charge in [-0.15, -0.1) is 11.6 Å². The van der Waals surface area contributed by atoms with Gasteiger partial charge in [0.05, 0.1) is 22.7 Å². The minimum atomic E-state index is -3.20. The topological polar surface area (TPSA) is 115 Å². The molecule has 0 aliphatic heterocycles. The van der Waals surface area contributed by atoms with Gasteiger partial charge in [-0.1, -0.05) is 49.7 Å². The number of allylic oxidation sites excluding steroid dienone is 1. The maximum Gasteiger partial charge on any atom is 0.208 e. The second kappa shape index (κ2) is 11.7. The van der Waals surface area contributed by atoms with Gasteiger partial charge in [-0.2, -0.15) is 5.26 Å². The van der Waals surface area contributed by atoms with Gasteiger partial charge in [0.25, 0.3) is 0 Å². The number of nitrogens with one attached hydrogen (secondary N) is 3. The van der Waals surface area contributed by atoms with E-state index >= 15 is 0 Å². The van der Waals surface area contributed by atoms with Gasteiger partial charge >= 0.3 is 0 Å². The van der Waals surface area contributed by atoms with Crippen LogP contribution in [0.1, 0.15) is 48.9 Å². The Morgan fingerprint density at radius 1 is 1.22 bits per heavy atom. The summed E-state index contributed by atoms with van der Waals surface area (Å²) in [6.45, 7) is 4.37. The highest BCUT2D eigenvalue weighted by molar-refractivity contribution is 7.88. The minimum Gasteiger partial charge on any atom is -0.489 e. The molecule has 0 saturated heterocycles. The van der Waals surface area contributed by atoms with Crippen molar-refractivity contribution in [2.24, 2.45) is 0 Å². The summed E-state index contributed by atoms with van der Waals surface area (Å²) < 4.78 is 30.8. The molecule has 10 heteroatoms. The third-order valence-corrected chi connectivity index (χ3v) is 7.49. The molecule has 0 unspecified atom stereocenters. The first kappa shape index (κ1) is 28.0. The monoisotopic (exact) mass is 548 g/mol. The van der Waals surface area contributed by atoms with E-state index < -0.39 is 15.4 Å². The largest absolute Gasteiger partial charge is 0.489 e. The fourth-order valence-corrected chi connectivity index (χ4v) is 5.29. The van der Waals surface area contributed by atoms with Crippen LogP contribution < -0.4 is 14.8 Å². The lowest BCUT2D eigenvalue weighted by molar-refractivity contribution is 0.297. The molecular formula is C26H30Cl2N4O3S. The van der Waals surface area contributed by atoms with E-state index in [0.717, 1.165) is 28.5 Å². The summed E-state index contributed by atoms with van der Waals surface area (Å²) in [7, 11) is -3.20. The molecule has 0 radical (unpaired) electrons. The zero-order valence-corrected chi connectivity index (χ0v) is 22.8. The van der Waals surface area contributed by atoms with E-state index in [2.05, 4.69) is 30.0 Å². The average molecular weight is 550 g/mol. The first-order chi connectivity index (χ1) is 17.0. The summed E-state index contributed by atoms with van der Waals surface area (Å²) in [5.74, 6) is 0.636. The van der Waals surface area contributed by atoms with Crippen molar-refractivity contribution in [3.63, 3.8) is 0 Å². The molecule has 1 saturated carbocycles. The minimum absolute atomic E-state index is 0.0492. The molecule has 1 aliphatic carbocycles. The Labute approximate surface area is 223 Å². The third-order valence-electron chi connectivity index (χ3n) is 6.30. The first-order valence-electron chi connectivity index (χ1n) is 11.5. The Morgan fingerprint density at radius 3 is 2.44 bits per heavy atom. The van der Waals surface area contributed by atoms with Crippen LogP contribution in [0.25, 0.3) is 5.57 Å². The van der Waals surface area contributed by atoms with Crippen LogP contribution in [0.2, 0.25) is 5.02 Å². The van der Waals surface area contributed by atoms with Crippen molar-refractivity contribution in [2.75, 3.05) is 18.7 Å². The summed E-state index contributed by atoms with van der Waals surface area (Å²) in [6.07, 6.45) is 5.65. The van der Waals surface area contributed by atoms with Crippen molar-refractivity contribution in [2.45, 2.75) is 44.2 Å². The SMILES string of the molecule is CC(C)(c1ccc(/C(C=N)=C/N[C@H]2C[C@H](NS(C)(=O)=O)C2)cc1)c1cc(Cl)c(OCCCl)c(C#N)c1. The zero-order valence-electron chi connectivity index (χ0n) is 20.4. The number of benzene rings is 2. The number of rotatable bonds is 11. The zero-order chi connectivity index (χ0) is 26.5. The summed E-state index contributed by atoms with van der Waals surface area (Å²) >= 11 is 12.2. The van der Waals surface area contributed by atoms with Gasteiger partial charge in [-0.3, -0.25) is 0 Å². The van der Waals surface area contributed by atoms with Crippen molar-refractivity contribution in [3.05, 3.63) is 69.9 Å². The molecule has 1 fully saturated rings. The van der Waals surface area contributed by atoms with Crippen molar-refractivity contribution in [1.82, 2.24) is 10.0 Å². The van der Waals surface area contributed by atoms with Crippen LogP contribution in [0.3, 0.4) is 0 Å². The number of ether oxygens (including phenoxy) is 1. The summed E-state index contributed by atoms with van der Waals surface area (Å²) in [5, 5.41) is 21.1. The third kappa shape index (κ3) is 6.80. The Balaban J connectivity index is 1.74. The number of halogens is 2. The van der Waals surface area contributed by atoms with Gasteiger partial charge in [0, 0.05) is 35.5 Å². The predicted molar refractivity (Wildman–Crippen MR) is 146 cm³/mol. The lowest BCUT2D eigenvalue weighted by atomic mass is 9.77. The highest BCUT2D eigenvalue weighted by Gasteiger charge is 2.30. The van der Waals surface area contributed by atoms with Crippen LogP contribution >= 0.6 is 23.2 Å². The molecule has 0 amide bonds. The normalized spacial score (nSPS) is 18.2. The average Bonchev–Trinajstić information content (AvgIpc) is 2.80. The van der Waals surface area contributed by atoms with Crippen molar-refractivity contribution in [1.29, 1.82) is 10.7 Å². The summed E-state index contributed by atoms with van der Waals surface area (Å²) in [4.78, 5) is 0. The van der Waals surface area contributed by atoms with Gasteiger partial charge in [-0.25, -0.2) is 13.1 Å². The molecule has 0 aromatic heterocycles. The molecule has 192 valence electrons. The van der Waals surface area contributed by atoms with E-state index in [1.807, 2.05) is 30.3 Å². The molecule has 3 N–H and O–H groups in total. The van der Waals surface area contributed by atoms with E-state index in [4.69, 9.17) is 33.3 Å². The van der Waals surface area contributed by atoms with Gasteiger partial charge in [0.1, 0.15) is 12.7 Å². The molecule has 0 bridgehead atoms. The molecule has 0 spiro atoms. The highest BCUT2D eigenvalue weighted by atomic mass is 35.5. The fourth-order valence-electron chi connectivity index (χ4n) is 4.14. The molecule has 3 rings (SSSR count). The van der Waals surface area contributed by atoms with Crippen molar-refractivity contribution in [3.8, 4) is 11.8 Å². The molecule has 2 aromatic rings. The number of nitriles is 1. The first-order valence-corrected chi connectivity index (χ1v) is 14.3. The molecule has 0 heterocycles. The number of hydrogen-bond donors (Lipinski definition) is 3. The van der Waals surface area contributed by atoms with E-state index in [1.165, 1.54) is 6.21 Å². The second-order valence-corrected chi connectivity index (χ2v) is 11.9. The smallest absolute Gasteiger partial charge is 0.208 e. The van der Waals surface area contributed by atoms with Crippen LogP contribution in [0.5, 0.6) is 5.75 Å². The molecule has 36 heavy (non-hydrogen) atoms. The fraction of sp³-hybridized carbons (Fsp3) is 0.385. The molecule has 1 aliphatic rings. The maximum absolute atomic E-state index is 11.3. The molecule has 7 nitrogen and oxygen atoms in total. The van der Waals surface area contributed by atoms with E-state index in [-0.39, 0.29) is 18.7 Å². The van der Waals surface area contributed by atoms with Crippen LogP contribution in [-0.2, 0) is 15.4 Å². The summed E-state index contributed by atoms with van der Waals surface area (Å²) in [6, 6.07) is 13.8. The van der Waals surface area contributed by atoms with Crippen molar-refractivity contribution < 1.29 is 13.2 Å². The lowest BCUT2D eigenvalue weighted by Gasteiger charge is -2.35. The number of sulfonamides is 1. The van der Waals surface area contributed by atoms with Crippen LogP contribution in [0.4, 0.5) is 0 Å². The number of nitrogens with zero attached hydrogens (tertiary/aromatic N) is 1. The number of alkyl halides is 1. The van der Waals surface area contributed by atoms with Crippen molar-refractivity contribution >= 4 is 45.0 Å². The Morgan fingerprint density at radius 2 is 1.89 bits per heavy atom. The van der Waals surface area contributed by atoms with Gasteiger partial charge < -0.3 is 15.5 Å². The molecular weight excluding hydrogens is 519 g/mol. The highest BCUT2D eigenvalue weighted by Crippen LogP contribution is 2.38. The van der Waals surface area contributed by atoms with E-state index in [0.29, 0.717) is 35.1 Å². The predicted octanol–water partition coefficient (Wildman–Crippen LogP) is 4.82. The standard InChI is InChI=1S/C26H30Cl2N4O3S/c1-26(2,21-10-18(14-29)25(24(28)11-21)35-9-8-27)20-6-4-17(5-7-20)19(15-30)16-31-22-12-23(13-22)32-36(3,33)34/h4-7,10-11,15-16,22-23,30-32H,8-9,12-13H2,1-3H3/b19-16+,30-15?/t22-,23-. The molecule has 0 atom stereocenters. The van der Waals surface area contributed by atoms with Crippen LogP contribution in [0, 0.1) is 16.7 Å². The van der Waals surface area contributed by atoms with Gasteiger partial charge in [0.2, 0.25) is 10.0 Å². The quantitative estimate of drug-likeness (QED) is 0.275. The Bertz CT molecular complexity index is 1280. The maximum atomic E-state index is 11.3. The van der Waals surface area contributed by atoms with Crippen LogP contribution in [-0.4, -0.2) is 45.5 Å². The molecule has 2 aromatic carbocycles. The van der Waals surface area contributed by atoms with E-state index in [9.17, 15) is 13.7 Å². The summed E-state index contributed by atoms with van der Waals surface area (Å²) in [5.41, 5.74) is 3.40. The van der Waals surface area contributed by atoms with Crippen LogP contribution in [0.15, 0.2) is 42.6 Å².